The van der Waals surface area contributed by atoms with Crippen molar-refractivity contribution in [2.75, 3.05) is 6.54 Å². The molecule has 7 heteroatoms. The van der Waals surface area contributed by atoms with E-state index in [-0.39, 0.29) is 16.8 Å². The number of rotatable bonds is 4. The number of nitrogens with one attached hydrogen (secondary N) is 1. The molecule has 1 heterocycles. The van der Waals surface area contributed by atoms with Gasteiger partial charge in [0.2, 0.25) is 15.9 Å². The maximum Gasteiger partial charge on any atom is 0.243 e. The van der Waals surface area contributed by atoms with Crippen LogP contribution in [-0.2, 0) is 14.8 Å². The SMILES string of the molecule is Cc1cc(S(=O)(=O)N2CCCC2C(=O)NC2CC2)ccc1Br. The number of carbonyl (C=O) groups is 1. The van der Waals surface area contributed by atoms with E-state index in [0.717, 1.165) is 29.3 Å². The van der Waals surface area contributed by atoms with E-state index >= 15 is 0 Å². The molecule has 0 spiro atoms. The van der Waals surface area contributed by atoms with E-state index in [2.05, 4.69) is 21.2 Å². The fraction of sp³-hybridized carbons (Fsp3) is 0.533. The highest BCUT2D eigenvalue weighted by Crippen LogP contribution is 2.29. The van der Waals surface area contributed by atoms with Crippen LogP contribution in [0.15, 0.2) is 27.6 Å². The molecule has 1 saturated heterocycles. The van der Waals surface area contributed by atoms with Crippen molar-refractivity contribution < 1.29 is 13.2 Å². The zero-order valence-electron chi connectivity index (χ0n) is 12.4. The van der Waals surface area contributed by atoms with Gasteiger partial charge in [0.15, 0.2) is 0 Å². The average Bonchev–Trinajstić information content (AvgIpc) is 3.13. The van der Waals surface area contributed by atoms with Gasteiger partial charge in [-0.25, -0.2) is 8.42 Å². The third kappa shape index (κ3) is 3.07. The normalized spacial score (nSPS) is 22.7. The molecule has 1 aliphatic carbocycles. The summed E-state index contributed by atoms with van der Waals surface area (Å²) in [5.41, 5.74) is 0.860. The van der Waals surface area contributed by atoms with Crippen molar-refractivity contribution in [2.24, 2.45) is 0 Å². The van der Waals surface area contributed by atoms with Crippen LogP contribution >= 0.6 is 15.9 Å². The minimum atomic E-state index is -3.64. The van der Waals surface area contributed by atoms with Crippen LogP contribution in [0.25, 0.3) is 0 Å². The fourth-order valence-electron chi connectivity index (χ4n) is 2.73. The molecule has 5 nitrogen and oxygen atoms in total. The highest BCUT2D eigenvalue weighted by molar-refractivity contribution is 9.10. The van der Waals surface area contributed by atoms with E-state index in [1.165, 1.54) is 4.31 Å². The molecule has 1 N–H and O–H groups in total. The number of carbonyl (C=O) groups excluding carboxylic acids is 1. The van der Waals surface area contributed by atoms with Gasteiger partial charge in [0.05, 0.1) is 4.90 Å². The molecule has 1 saturated carbocycles. The molecule has 3 rings (SSSR count). The van der Waals surface area contributed by atoms with E-state index in [0.29, 0.717) is 13.0 Å². The highest BCUT2D eigenvalue weighted by atomic mass is 79.9. The summed E-state index contributed by atoms with van der Waals surface area (Å²) in [7, 11) is -3.64. The van der Waals surface area contributed by atoms with Crippen molar-refractivity contribution in [3.05, 3.63) is 28.2 Å². The molecule has 0 radical (unpaired) electrons. The topological polar surface area (TPSA) is 66.5 Å². The second kappa shape index (κ2) is 5.94. The summed E-state index contributed by atoms with van der Waals surface area (Å²) >= 11 is 3.38. The van der Waals surface area contributed by atoms with E-state index in [9.17, 15) is 13.2 Å². The quantitative estimate of drug-likeness (QED) is 0.862. The predicted molar refractivity (Wildman–Crippen MR) is 87.0 cm³/mol. The Morgan fingerprint density at radius 3 is 2.68 bits per heavy atom. The maximum atomic E-state index is 12.8. The van der Waals surface area contributed by atoms with Crippen molar-refractivity contribution in [1.29, 1.82) is 0 Å². The largest absolute Gasteiger partial charge is 0.352 e. The molecule has 1 atom stereocenters. The van der Waals surface area contributed by atoms with Crippen LogP contribution in [0.4, 0.5) is 0 Å². The summed E-state index contributed by atoms with van der Waals surface area (Å²) in [6.07, 6.45) is 3.30. The first-order chi connectivity index (χ1) is 10.4. The van der Waals surface area contributed by atoms with Crippen molar-refractivity contribution in [1.82, 2.24) is 9.62 Å². The molecule has 2 fully saturated rings. The summed E-state index contributed by atoms with van der Waals surface area (Å²) in [4.78, 5) is 12.5. The third-order valence-corrected chi connectivity index (χ3v) is 6.96. The summed E-state index contributed by atoms with van der Waals surface area (Å²) in [5, 5.41) is 2.92. The van der Waals surface area contributed by atoms with Crippen LogP contribution in [0.5, 0.6) is 0 Å². The Balaban J connectivity index is 1.86. The van der Waals surface area contributed by atoms with Crippen molar-refractivity contribution >= 4 is 31.9 Å². The van der Waals surface area contributed by atoms with Crippen LogP contribution in [0, 0.1) is 6.92 Å². The minimum Gasteiger partial charge on any atom is -0.352 e. The number of benzene rings is 1. The third-order valence-electron chi connectivity index (χ3n) is 4.17. The number of aryl methyl sites for hydroxylation is 1. The van der Waals surface area contributed by atoms with E-state index in [1.807, 2.05) is 6.92 Å². The van der Waals surface area contributed by atoms with Gasteiger partial charge in [-0.15, -0.1) is 0 Å². The van der Waals surface area contributed by atoms with Gasteiger partial charge in [-0.3, -0.25) is 4.79 Å². The average molecular weight is 387 g/mol. The number of sulfonamides is 1. The Bertz CT molecular complexity index is 701. The predicted octanol–water partition coefficient (Wildman–Crippen LogP) is 2.19. The van der Waals surface area contributed by atoms with E-state index in [1.54, 1.807) is 18.2 Å². The Labute approximate surface area is 139 Å². The van der Waals surface area contributed by atoms with E-state index < -0.39 is 16.1 Å². The molecule has 120 valence electrons. The second-order valence-corrected chi connectivity index (χ2v) is 8.71. The smallest absolute Gasteiger partial charge is 0.243 e. The van der Waals surface area contributed by atoms with Gasteiger partial charge < -0.3 is 5.32 Å². The van der Waals surface area contributed by atoms with Crippen LogP contribution in [0.3, 0.4) is 0 Å². The summed E-state index contributed by atoms with van der Waals surface area (Å²) in [6.45, 7) is 2.25. The Kier molecular flexibility index (Phi) is 4.31. The summed E-state index contributed by atoms with van der Waals surface area (Å²) < 4.78 is 27.9. The highest BCUT2D eigenvalue weighted by Gasteiger charge is 2.40. The van der Waals surface area contributed by atoms with Crippen LogP contribution in [-0.4, -0.2) is 37.3 Å². The first-order valence-corrected chi connectivity index (χ1v) is 9.71. The fourth-order valence-corrected chi connectivity index (χ4v) is 4.72. The van der Waals surface area contributed by atoms with Gasteiger partial charge in [0.1, 0.15) is 6.04 Å². The monoisotopic (exact) mass is 386 g/mol. The molecular weight excluding hydrogens is 368 g/mol. The first-order valence-electron chi connectivity index (χ1n) is 7.48. The van der Waals surface area contributed by atoms with Gasteiger partial charge in [0.25, 0.3) is 0 Å². The Morgan fingerprint density at radius 1 is 1.32 bits per heavy atom. The minimum absolute atomic E-state index is 0.155. The van der Waals surface area contributed by atoms with Gasteiger partial charge in [-0.05, 0) is 56.4 Å². The molecule has 1 aromatic carbocycles. The molecule has 1 unspecified atom stereocenters. The van der Waals surface area contributed by atoms with Gasteiger partial charge >= 0.3 is 0 Å². The van der Waals surface area contributed by atoms with Crippen molar-refractivity contribution in [3.63, 3.8) is 0 Å². The number of hydrogen-bond donors (Lipinski definition) is 1. The molecule has 1 aliphatic heterocycles. The Morgan fingerprint density at radius 2 is 2.05 bits per heavy atom. The van der Waals surface area contributed by atoms with Gasteiger partial charge in [-0.1, -0.05) is 15.9 Å². The maximum absolute atomic E-state index is 12.8. The lowest BCUT2D eigenvalue weighted by Crippen LogP contribution is -2.46. The van der Waals surface area contributed by atoms with E-state index in [4.69, 9.17) is 0 Å². The summed E-state index contributed by atoms with van der Waals surface area (Å²) in [5.74, 6) is -0.155. The zero-order chi connectivity index (χ0) is 15.9. The van der Waals surface area contributed by atoms with Crippen LogP contribution in [0.1, 0.15) is 31.2 Å². The molecule has 0 bridgehead atoms. The second-order valence-electron chi connectivity index (χ2n) is 5.97. The molecule has 22 heavy (non-hydrogen) atoms. The molecular formula is C15H19BrN2O3S. The van der Waals surface area contributed by atoms with Gasteiger partial charge in [0, 0.05) is 17.1 Å². The summed E-state index contributed by atoms with van der Waals surface area (Å²) in [6, 6.07) is 4.63. The molecule has 2 aliphatic rings. The lowest BCUT2D eigenvalue weighted by Gasteiger charge is -2.23. The number of amides is 1. The lowest BCUT2D eigenvalue weighted by molar-refractivity contribution is -0.124. The number of hydrogen-bond acceptors (Lipinski definition) is 3. The van der Waals surface area contributed by atoms with Crippen molar-refractivity contribution in [2.45, 2.75) is 49.6 Å². The zero-order valence-corrected chi connectivity index (χ0v) is 14.8. The number of nitrogens with zero attached hydrogens (tertiary/aromatic N) is 1. The van der Waals surface area contributed by atoms with Crippen molar-refractivity contribution in [3.8, 4) is 0 Å². The first kappa shape index (κ1) is 16.0. The molecule has 1 amide bonds. The van der Waals surface area contributed by atoms with Gasteiger partial charge in [-0.2, -0.15) is 4.31 Å². The van der Waals surface area contributed by atoms with Crippen LogP contribution in [0.2, 0.25) is 0 Å². The molecule has 1 aromatic rings. The lowest BCUT2D eigenvalue weighted by atomic mass is 10.2. The Hall–Kier alpha value is -0.920. The standard InChI is InChI=1S/C15H19BrN2O3S/c1-10-9-12(6-7-13(10)16)22(20,21)18-8-2-3-14(18)15(19)17-11-4-5-11/h6-7,9,11,14H,2-5,8H2,1H3,(H,17,19). The molecule has 0 aromatic heterocycles. The van der Waals surface area contributed by atoms with Crippen LogP contribution < -0.4 is 5.32 Å². The number of halogens is 1.